The summed E-state index contributed by atoms with van der Waals surface area (Å²) in [4.78, 5) is 0. The first-order valence-corrected chi connectivity index (χ1v) is 8.39. The van der Waals surface area contributed by atoms with Gasteiger partial charge in [-0.1, -0.05) is 30.9 Å². The summed E-state index contributed by atoms with van der Waals surface area (Å²) >= 11 is 6.23. The minimum absolute atomic E-state index is 0.0865. The highest BCUT2D eigenvalue weighted by Gasteiger charge is 2.54. The molecule has 1 unspecified atom stereocenters. The van der Waals surface area contributed by atoms with Crippen LogP contribution in [0.1, 0.15) is 56.6 Å². The Morgan fingerprint density at radius 3 is 2.71 bits per heavy atom. The maximum absolute atomic E-state index is 11.1. The molecule has 0 radical (unpaired) electrons. The summed E-state index contributed by atoms with van der Waals surface area (Å²) in [5.74, 6) is 0.665. The van der Waals surface area contributed by atoms with Gasteiger partial charge in [-0.2, -0.15) is 5.10 Å². The van der Waals surface area contributed by atoms with Gasteiger partial charge in [0.1, 0.15) is 0 Å². The molecule has 0 bridgehead atoms. The van der Waals surface area contributed by atoms with Gasteiger partial charge >= 0.3 is 0 Å². The third-order valence-corrected chi connectivity index (χ3v) is 5.85. The van der Waals surface area contributed by atoms with Gasteiger partial charge in [-0.3, -0.25) is 5.10 Å². The largest absolute Gasteiger partial charge is 0.388 e. The first-order chi connectivity index (χ1) is 10.2. The van der Waals surface area contributed by atoms with Crippen molar-refractivity contribution in [3.63, 3.8) is 0 Å². The van der Waals surface area contributed by atoms with Crippen LogP contribution in [0, 0.1) is 11.3 Å². The average molecular weight is 305 g/mol. The molecule has 2 fully saturated rings. The summed E-state index contributed by atoms with van der Waals surface area (Å²) in [5.41, 5.74) is 1.95. The maximum atomic E-state index is 11.1. The Hall–Kier alpha value is -1.06. The normalized spacial score (nSPS) is 23.3. The number of rotatable bonds is 3. The topological polar surface area (TPSA) is 48.9 Å². The third-order valence-electron chi connectivity index (χ3n) is 5.63. The maximum Gasteiger partial charge on any atom is 0.0870 e. The highest BCUT2D eigenvalue weighted by Crippen LogP contribution is 2.63. The Balaban J connectivity index is 1.72. The second-order valence-corrected chi connectivity index (χ2v) is 7.24. The first kappa shape index (κ1) is 13.6. The zero-order chi connectivity index (χ0) is 14.4. The molecule has 4 rings (SSSR count). The molecule has 1 heterocycles. The van der Waals surface area contributed by atoms with Crippen molar-refractivity contribution in [2.24, 2.45) is 11.3 Å². The lowest BCUT2D eigenvalue weighted by molar-refractivity contribution is 0.0397. The number of aliphatic hydroxyl groups excluding tert-OH is 1. The molecule has 21 heavy (non-hydrogen) atoms. The zero-order valence-electron chi connectivity index (χ0n) is 12.1. The van der Waals surface area contributed by atoms with E-state index in [2.05, 4.69) is 10.2 Å². The summed E-state index contributed by atoms with van der Waals surface area (Å²) in [5, 5.41) is 19.9. The molecule has 3 nitrogen and oxygen atoms in total. The SMILES string of the molecule is OC(c1cc(Cl)cc2cn[nH]c12)C1(C2CCCCC2)CC1. The van der Waals surface area contributed by atoms with Gasteiger partial charge in [0.2, 0.25) is 0 Å². The number of fused-ring (bicyclic) bond motifs is 1. The van der Waals surface area contributed by atoms with Crippen LogP contribution in [0.15, 0.2) is 18.3 Å². The number of aliphatic hydroxyl groups is 1. The molecule has 112 valence electrons. The van der Waals surface area contributed by atoms with Crippen LogP contribution in [0.2, 0.25) is 5.02 Å². The molecular formula is C17H21ClN2O. The molecule has 2 aromatic rings. The molecule has 0 amide bonds. The van der Waals surface area contributed by atoms with Gasteiger partial charge in [-0.15, -0.1) is 0 Å². The predicted molar refractivity (Wildman–Crippen MR) is 84.3 cm³/mol. The second-order valence-electron chi connectivity index (χ2n) is 6.80. The summed E-state index contributed by atoms with van der Waals surface area (Å²) in [7, 11) is 0. The molecular weight excluding hydrogens is 284 g/mol. The Morgan fingerprint density at radius 2 is 2.00 bits per heavy atom. The standard InChI is InChI=1S/C17H21ClN2O/c18-13-8-11-10-19-20-15(11)14(9-13)16(21)17(6-7-17)12-4-2-1-3-5-12/h8-10,12,16,21H,1-7H2,(H,19,20). The smallest absolute Gasteiger partial charge is 0.0870 e. The molecule has 4 heteroatoms. The highest BCUT2D eigenvalue weighted by molar-refractivity contribution is 6.31. The van der Waals surface area contributed by atoms with Crippen LogP contribution in [0.25, 0.3) is 10.9 Å². The van der Waals surface area contributed by atoms with E-state index in [1.54, 1.807) is 6.20 Å². The van der Waals surface area contributed by atoms with Crippen molar-refractivity contribution >= 4 is 22.5 Å². The van der Waals surface area contributed by atoms with Crippen molar-refractivity contribution in [1.82, 2.24) is 10.2 Å². The lowest BCUT2D eigenvalue weighted by Crippen LogP contribution is -2.26. The molecule has 2 aliphatic rings. The summed E-state index contributed by atoms with van der Waals surface area (Å²) in [6.45, 7) is 0. The molecule has 2 saturated carbocycles. The van der Waals surface area contributed by atoms with Crippen molar-refractivity contribution in [2.45, 2.75) is 51.0 Å². The third kappa shape index (κ3) is 2.18. The molecule has 1 aromatic carbocycles. The molecule has 1 atom stereocenters. The Labute approximate surface area is 129 Å². The van der Waals surface area contributed by atoms with Crippen molar-refractivity contribution in [1.29, 1.82) is 0 Å². The number of nitrogens with one attached hydrogen (secondary N) is 1. The number of halogens is 1. The van der Waals surface area contributed by atoms with E-state index in [4.69, 9.17) is 11.6 Å². The van der Waals surface area contributed by atoms with Crippen LogP contribution in [-0.2, 0) is 0 Å². The van der Waals surface area contributed by atoms with Crippen LogP contribution in [0.3, 0.4) is 0 Å². The number of aromatic nitrogens is 2. The van der Waals surface area contributed by atoms with E-state index in [0.717, 1.165) is 29.3 Å². The van der Waals surface area contributed by atoms with Crippen molar-refractivity contribution in [2.75, 3.05) is 0 Å². The zero-order valence-corrected chi connectivity index (χ0v) is 12.9. The van der Waals surface area contributed by atoms with Gasteiger partial charge in [-0.05, 0) is 43.7 Å². The summed E-state index contributed by atoms with van der Waals surface area (Å²) < 4.78 is 0. The molecule has 0 spiro atoms. The van der Waals surface area contributed by atoms with Crippen molar-refractivity contribution < 1.29 is 5.11 Å². The lowest BCUT2D eigenvalue weighted by atomic mass is 9.73. The van der Waals surface area contributed by atoms with E-state index in [0.29, 0.717) is 10.9 Å². The summed E-state index contributed by atoms with van der Waals surface area (Å²) in [6, 6.07) is 3.81. The number of benzene rings is 1. The Bertz CT molecular complexity index is 656. The minimum Gasteiger partial charge on any atom is -0.388 e. The lowest BCUT2D eigenvalue weighted by Gasteiger charge is -2.34. The van der Waals surface area contributed by atoms with Crippen LogP contribution in [0.5, 0.6) is 0 Å². The molecule has 0 saturated heterocycles. The monoisotopic (exact) mass is 304 g/mol. The van der Waals surface area contributed by atoms with Crippen LogP contribution in [-0.4, -0.2) is 15.3 Å². The molecule has 1 aromatic heterocycles. The van der Waals surface area contributed by atoms with Crippen LogP contribution in [0.4, 0.5) is 0 Å². The Morgan fingerprint density at radius 1 is 1.24 bits per heavy atom. The van der Waals surface area contributed by atoms with E-state index < -0.39 is 6.10 Å². The fraction of sp³-hybridized carbons (Fsp3) is 0.588. The minimum atomic E-state index is -0.428. The van der Waals surface area contributed by atoms with E-state index in [1.165, 1.54) is 32.1 Å². The average Bonchev–Trinajstić information content (AvgIpc) is 3.19. The van der Waals surface area contributed by atoms with Crippen molar-refractivity contribution in [3.8, 4) is 0 Å². The molecule has 0 aliphatic heterocycles. The molecule has 2 N–H and O–H groups in total. The summed E-state index contributed by atoms with van der Waals surface area (Å²) in [6.07, 6.45) is 10.1. The fourth-order valence-corrected chi connectivity index (χ4v) is 4.53. The predicted octanol–water partition coefficient (Wildman–Crippen LogP) is 4.61. The van der Waals surface area contributed by atoms with Gasteiger partial charge in [0.05, 0.1) is 17.8 Å². The van der Waals surface area contributed by atoms with Gasteiger partial charge in [0, 0.05) is 21.4 Å². The van der Waals surface area contributed by atoms with E-state index in [9.17, 15) is 5.11 Å². The molecule has 2 aliphatic carbocycles. The highest BCUT2D eigenvalue weighted by atomic mass is 35.5. The van der Waals surface area contributed by atoms with Gasteiger partial charge < -0.3 is 5.11 Å². The Kier molecular flexibility index (Phi) is 3.23. The number of H-pyrrole nitrogens is 1. The van der Waals surface area contributed by atoms with E-state index >= 15 is 0 Å². The van der Waals surface area contributed by atoms with Crippen molar-refractivity contribution in [3.05, 3.63) is 28.9 Å². The number of aromatic amines is 1. The van der Waals surface area contributed by atoms with E-state index in [1.807, 2.05) is 12.1 Å². The van der Waals surface area contributed by atoms with Crippen LogP contribution < -0.4 is 0 Å². The van der Waals surface area contributed by atoms with Gasteiger partial charge in [0.15, 0.2) is 0 Å². The quantitative estimate of drug-likeness (QED) is 0.870. The van der Waals surface area contributed by atoms with Crippen LogP contribution >= 0.6 is 11.6 Å². The fourth-order valence-electron chi connectivity index (χ4n) is 4.30. The van der Waals surface area contributed by atoms with Gasteiger partial charge in [-0.25, -0.2) is 0 Å². The first-order valence-electron chi connectivity index (χ1n) is 8.01. The number of hydrogen-bond acceptors (Lipinski definition) is 2. The van der Waals surface area contributed by atoms with E-state index in [-0.39, 0.29) is 5.41 Å². The number of hydrogen-bond donors (Lipinski definition) is 2. The van der Waals surface area contributed by atoms with Gasteiger partial charge in [0.25, 0.3) is 0 Å². The number of nitrogens with zero attached hydrogens (tertiary/aromatic N) is 1. The second kappa shape index (κ2) is 4.99.